The number of thioether (sulfide) groups is 1. The Balaban J connectivity index is 2.22. The first-order valence-electron chi connectivity index (χ1n) is 9.55. The molecule has 0 spiro atoms. The molecule has 1 aromatic heterocycles. The van der Waals surface area contributed by atoms with Gasteiger partial charge in [-0.25, -0.2) is 4.98 Å². The van der Waals surface area contributed by atoms with Crippen molar-refractivity contribution in [2.75, 3.05) is 6.26 Å². The maximum atomic E-state index is 12.2. The van der Waals surface area contributed by atoms with Crippen molar-refractivity contribution in [2.45, 2.75) is 63.3 Å². The summed E-state index contributed by atoms with van der Waals surface area (Å²) < 4.78 is 0. The third kappa shape index (κ3) is 5.87. The Morgan fingerprint density at radius 2 is 1.77 bits per heavy atom. The number of unbranched alkanes of at least 4 members (excludes halogenated alkanes) is 5. The van der Waals surface area contributed by atoms with Crippen molar-refractivity contribution in [1.29, 1.82) is 0 Å². The van der Waals surface area contributed by atoms with Gasteiger partial charge >= 0.3 is 0 Å². The Labute approximate surface area is 161 Å². The molecule has 0 fully saturated rings. The average molecular weight is 371 g/mol. The summed E-state index contributed by atoms with van der Waals surface area (Å²) >= 11 is 1.48. The summed E-state index contributed by atoms with van der Waals surface area (Å²) in [7, 11) is 0. The smallest absolute Gasteiger partial charge is 0.251 e. The summed E-state index contributed by atoms with van der Waals surface area (Å²) in [5.74, 6) is -0.377. The largest absolute Gasteiger partial charge is 0.366 e. The molecule has 2 aromatic rings. The van der Waals surface area contributed by atoms with E-state index in [1.165, 1.54) is 49.4 Å². The van der Waals surface area contributed by atoms with Gasteiger partial charge in [0.15, 0.2) is 0 Å². The maximum absolute atomic E-state index is 12.2. The molecule has 2 rings (SSSR count). The second kappa shape index (κ2) is 11.0. The Morgan fingerprint density at radius 3 is 2.42 bits per heavy atom. The Bertz CT molecular complexity index is 701. The number of carbonyl (C=O) groups excluding carboxylic acids is 1. The third-order valence-corrected chi connectivity index (χ3v) is 5.40. The second-order valence-corrected chi connectivity index (χ2v) is 7.49. The molecule has 0 aliphatic rings. The van der Waals surface area contributed by atoms with Crippen LogP contribution in [0.3, 0.4) is 0 Å². The van der Waals surface area contributed by atoms with E-state index in [1.54, 1.807) is 0 Å². The van der Waals surface area contributed by atoms with Gasteiger partial charge in [-0.15, -0.1) is 11.8 Å². The lowest BCUT2D eigenvalue weighted by molar-refractivity contribution is 0.0996. The van der Waals surface area contributed by atoms with E-state index in [4.69, 9.17) is 5.73 Å². The summed E-state index contributed by atoms with van der Waals surface area (Å²) in [4.78, 5) is 16.7. The maximum Gasteiger partial charge on any atom is 0.251 e. The number of aryl methyl sites for hydroxylation is 1. The number of benzene rings is 1. The van der Waals surface area contributed by atoms with Gasteiger partial charge in [-0.2, -0.15) is 0 Å². The van der Waals surface area contributed by atoms with Crippen molar-refractivity contribution in [3.8, 4) is 0 Å². The molecule has 0 aliphatic carbocycles. The second-order valence-electron chi connectivity index (χ2n) is 6.69. The number of primary amides is 1. The van der Waals surface area contributed by atoms with Gasteiger partial charge in [-0.1, -0.05) is 69.4 Å². The van der Waals surface area contributed by atoms with Crippen LogP contribution in [0.5, 0.6) is 0 Å². The summed E-state index contributed by atoms with van der Waals surface area (Å²) in [6.45, 7) is 2.24. The van der Waals surface area contributed by atoms with Crippen molar-refractivity contribution in [1.82, 2.24) is 4.98 Å². The number of nitrogens with zero attached hydrogens (tertiary/aromatic N) is 1. The van der Waals surface area contributed by atoms with Crippen LogP contribution >= 0.6 is 11.8 Å². The highest BCUT2D eigenvalue weighted by Gasteiger charge is 2.19. The van der Waals surface area contributed by atoms with E-state index in [9.17, 15) is 4.79 Å². The zero-order valence-electron chi connectivity index (χ0n) is 16.0. The van der Waals surface area contributed by atoms with Crippen LogP contribution in [0, 0.1) is 0 Å². The molecular formula is C22H30N2OS. The topological polar surface area (TPSA) is 56.0 Å². The van der Waals surface area contributed by atoms with Crippen LogP contribution in [-0.4, -0.2) is 17.1 Å². The first-order valence-corrected chi connectivity index (χ1v) is 10.8. The SMILES string of the molecule is CCCCCCCCc1cnc(SC)c(C(N)=O)c1Cc1ccccc1. The lowest BCUT2D eigenvalue weighted by atomic mass is 9.93. The minimum absolute atomic E-state index is 0.377. The Hall–Kier alpha value is -1.81. The molecular weight excluding hydrogens is 340 g/mol. The number of rotatable bonds is 11. The van der Waals surface area contributed by atoms with Crippen LogP contribution in [0.1, 0.15) is 72.5 Å². The fourth-order valence-electron chi connectivity index (χ4n) is 3.29. The first-order chi connectivity index (χ1) is 12.7. The number of aromatic nitrogens is 1. The fraction of sp³-hybridized carbons (Fsp3) is 0.455. The van der Waals surface area contributed by atoms with Gasteiger partial charge in [0.05, 0.1) is 5.56 Å². The van der Waals surface area contributed by atoms with E-state index in [-0.39, 0.29) is 5.91 Å². The summed E-state index contributed by atoms with van der Waals surface area (Å²) in [5.41, 5.74) is 9.74. The van der Waals surface area contributed by atoms with Gasteiger partial charge in [0.1, 0.15) is 5.03 Å². The normalized spacial score (nSPS) is 10.8. The molecule has 0 saturated carbocycles. The van der Waals surface area contributed by atoms with Gasteiger partial charge in [0.25, 0.3) is 5.91 Å². The van der Waals surface area contributed by atoms with Crippen LogP contribution in [-0.2, 0) is 12.8 Å². The quantitative estimate of drug-likeness (QED) is 0.426. The van der Waals surface area contributed by atoms with E-state index in [0.29, 0.717) is 5.56 Å². The molecule has 0 unspecified atom stereocenters. The molecule has 0 saturated heterocycles. The van der Waals surface area contributed by atoms with Gasteiger partial charge in [0, 0.05) is 6.20 Å². The molecule has 4 heteroatoms. The van der Waals surface area contributed by atoms with Crippen LogP contribution in [0.2, 0.25) is 0 Å². The van der Waals surface area contributed by atoms with Crippen LogP contribution in [0.15, 0.2) is 41.6 Å². The molecule has 1 aromatic carbocycles. The van der Waals surface area contributed by atoms with Crippen molar-refractivity contribution in [3.63, 3.8) is 0 Å². The van der Waals surface area contributed by atoms with Gasteiger partial charge in [0.2, 0.25) is 0 Å². The molecule has 2 N–H and O–H groups in total. The van der Waals surface area contributed by atoms with E-state index >= 15 is 0 Å². The fourth-order valence-corrected chi connectivity index (χ4v) is 3.88. The highest BCUT2D eigenvalue weighted by atomic mass is 32.2. The highest BCUT2D eigenvalue weighted by Crippen LogP contribution is 2.27. The zero-order chi connectivity index (χ0) is 18.8. The van der Waals surface area contributed by atoms with Crippen LogP contribution < -0.4 is 5.73 Å². The predicted molar refractivity (Wildman–Crippen MR) is 111 cm³/mol. The molecule has 0 aliphatic heterocycles. The summed E-state index contributed by atoms with van der Waals surface area (Å²) in [6, 6.07) is 10.3. The molecule has 26 heavy (non-hydrogen) atoms. The predicted octanol–water partition coefficient (Wildman–Crippen LogP) is 5.40. The Morgan fingerprint density at radius 1 is 1.08 bits per heavy atom. The van der Waals surface area contributed by atoms with Gasteiger partial charge in [-0.3, -0.25) is 4.79 Å². The van der Waals surface area contributed by atoms with Crippen molar-refractivity contribution >= 4 is 17.7 Å². The summed E-state index contributed by atoms with van der Waals surface area (Å²) in [6.07, 6.45) is 13.1. The number of nitrogens with two attached hydrogens (primary N) is 1. The number of carbonyl (C=O) groups is 1. The summed E-state index contributed by atoms with van der Waals surface area (Å²) in [5, 5.41) is 0.732. The molecule has 0 atom stereocenters. The standard InChI is InChI=1S/C22H30N2OS/c1-3-4-5-6-7-11-14-18-16-24-22(26-2)20(21(23)25)19(18)15-17-12-9-8-10-13-17/h8-10,12-13,16H,3-7,11,14-15H2,1-2H3,(H2,23,25). The number of pyridine rings is 1. The Kier molecular flexibility index (Phi) is 8.69. The highest BCUT2D eigenvalue weighted by molar-refractivity contribution is 7.98. The number of amides is 1. The zero-order valence-corrected chi connectivity index (χ0v) is 16.8. The monoisotopic (exact) mass is 370 g/mol. The van der Waals surface area contributed by atoms with E-state index < -0.39 is 0 Å². The van der Waals surface area contributed by atoms with Crippen molar-refractivity contribution in [2.24, 2.45) is 5.73 Å². The lowest BCUT2D eigenvalue weighted by Crippen LogP contribution is -2.18. The minimum atomic E-state index is -0.377. The number of hydrogen-bond acceptors (Lipinski definition) is 3. The number of hydrogen-bond donors (Lipinski definition) is 1. The molecule has 140 valence electrons. The molecule has 1 amide bonds. The van der Waals surface area contributed by atoms with Gasteiger partial charge < -0.3 is 5.73 Å². The minimum Gasteiger partial charge on any atom is -0.366 e. The lowest BCUT2D eigenvalue weighted by Gasteiger charge is -2.16. The molecule has 0 bridgehead atoms. The van der Waals surface area contributed by atoms with Gasteiger partial charge in [-0.05, 0) is 42.2 Å². The van der Waals surface area contributed by atoms with Crippen molar-refractivity contribution < 1.29 is 4.79 Å². The average Bonchev–Trinajstić information content (AvgIpc) is 2.65. The first kappa shape index (κ1) is 20.5. The van der Waals surface area contributed by atoms with E-state index in [0.717, 1.165) is 35.4 Å². The van der Waals surface area contributed by atoms with Crippen LogP contribution in [0.25, 0.3) is 0 Å². The van der Waals surface area contributed by atoms with Crippen molar-refractivity contribution in [3.05, 3.63) is 58.8 Å². The third-order valence-electron chi connectivity index (χ3n) is 4.70. The van der Waals surface area contributed by atoms with E-state index in [2.05, 4.69) is 24.0 Å². The molecule has 0 radical (unpaired) electrons. The molecule has 1 heterocycles. The van der Waals surface area contributed by atoms with E-state index in [1.807, 2.05) is 30.7 Å². The molecule has 3 nitrogen and oxygen atoms in total. The van der Waals surface area contributed by atoms with Crippen LogP contribution in [0.4, 0.5) is 0 Å².